The third-order valence-electron chi connectivity index (χ3n) is 2.85. The highest BCUT2D eigenvalue weighted by molar-refractivity contribution is 8.00. The molecule has 1 aromatic heterocycles. The van der Waals surface area contributed by atoms with Gasteiger partial charge in [-0.2, -0.15) is 5.26 Å². The number of carbonyl (C=O) groups excluding carboxylic acids is 1. The fourth-order valence-corrected chi connectivity index (χ4v) is 3.06. The van der Waals surface area contributed by atoms with Crippen molar-refractivity contribution in [2.24, 2.45) is 0 Å². The van der Waals surface area contributed by atoms with Crippen molar-refractivity contribution in [2.45, 2.75) is 18.9 Å². The van der Waals surface area contributed by atoms with Gasteiger partial charge < -0.3 is 5.32 Å². The molecule has 1 heterocycles. The van der Waals surface area contributed by atoms with Crippen molar-refractivity contribution in [3.05, 3.63) is 45.3 Å². The second-order valence-corrected chi connectivity index (χ2v) is 6.34. The van der Waals surface area contributed by atoms with E-state index in [1.165, 1.54) is 11.8 Å². The number of aryl methyl sites for hydroxylation is 2. The number of halogens is 2. The number of benzene rings is 1. The van der Waals surface area contributed by atoms with Crippen molar-refractivity contribution in [1.29, 1.82) is 5.26 Å². The molecule has 0 spiro atoms. The summed E-state index contributed by atoms with van der Waals surface area (Å²) in [5, 5.41) is 13.0. The standard InChI is InChI=1S/C15H12Cl2N4OS/c1-8-10(6-18)15(20-9(2)19-8)23-7-13(22)21-12-5-3-4-11(16)14(12)17/h3-5H,7H2,1-2H3,(H,21,22). The Morgan fingerprint density at radius 3 is 2.78 bits per heavy atom. The normalized spacial score (nSPS) is 10.2. The molecule has 0 aliphatic carbocycles. The number of aromatic nitrogens is 2. The molecule has 2 rings (SSSR count). The van der Waals surface area contributed by atoms with E-state index in [4.69, 9.17) is 23.2 Å². The number of nitrogens with one attached hydrogen (secondary N) is 1. The SMILES string of the molecule is Cc1nc(C)c(C#N)c(SCC(=O)Nc2cccc(Cl)c2Cl)n1. The molecule has 23 heavy (non-hydrogen) atoms. The molecular formula is C15H12Cl2N4OS. The summed E-state index contributed by atoms with van der Waals surface area (Å²) in [7, 11) is 0. The quantitative estimate of drug-likeness (QED) is 0.653. The van der Waals surface area contributed by atoms with Crippen LogP contribution in [0.15, 0.2) is 23.2 Å². The van der Waals surface area contributed by atoms with Gasteiger partial charge in [0.2, 0.25) is 5.91 Å². The highest BCUT2D eigenvalue weighted by Gasteiger charge is 2.13. The molecule has 0 unspecified atom stereocenters. The van der Waals surface area contributed by atoms with Crippen molar-refractivity contribution < 1.29 is 4.79 Å². The molecule has 0 aliphatic heterocycles. The summed E-state index contributed by atoms with van der Waals surface area (Å²) in [6.07, 6.45) is 0. The van der Waals surface area contributed by atoms with Crippen molar-refractivity contribution in [2.75, 3.05) is 11.1 Å². The third kappa shape index (κ3) is 4.35. The molecule has 0 atom stereocenters. The maximum absolute atomic E-state index is 12.1. The summed E-state index contributed by atoms with van der Waals surface area (Å²) in [4.78, 5) is 20.4. The number of thioether (sulfide) groups is 1. The summed E-state index contributed by atoms with van der Waals surface area (Å²) >= 11 is 13.1. The zero-order valence-corrected chi connectivity index (χ0v) is 14.7. The van der Waals surface area contributed by atoms with E-state index in [2.05, 4.69) is 21.4 Å². The number of hydrogen-bond donors (Lipinski definition) is 1. The first kappa shape index (κ1) is 17.5. The molecule has 0 saturated heterocycles. The molecule has 2 aromatic rings. The molecule has 5 nitrogen and oxygen atoms in total. The average molecular weight is 367 g/mol. The van der Waals surface area contributed by atoms with Crippen molar-refractivity contribution in [3.63, 3.8) is 0 Å². The van der Waals surface area contributed by atoms with Gasteiger partial charge in [0.25, 0.3) is 0 Å². The van der Waals surface area contributed by atoms with Gasteiger partial charge in [-0.15, -0.1) is 0 Å². The number of nitriles is 1. The van der Waals surface area contributed by atoms with Crippen LogP contribution in [0.1, 0.15) is 17.1 Å². The maximum atomic E-state index is 12.1. The van der Waals surface area contributed by atoms with Crippen LogP contribution in [0.5, 0.6) is 0 Å². The zero-order chi connectivity index (χ0) is 17.0. The van der Waals surface area contributed by atoms with Gasteiger partial charge in [-0.1, -0.05) is 41.0 Å². The first-order chi connectivity index (χ1) is 10.9. The van der Waals surface area contributed by atoms with E-state index in [0.717, 1.165) is 0 Å². The molecule has 1 aromatic carbocycles. The smallest absolute Gasteiger partial charge is 0.234 e. The van der Waals surface area contributed by atoms with Crippen LogP contribution < -0.4 is 5.32 Å². The lowest BCUT2D eigenvalue weighted by Gasteiger charge is -2.09. The highest BCUT2D eigenvalue weighted by Crippen LogP contribution is 2.30. The Kier molecular flexibility index (Phi) is 5.83. The first-order valence-corrected chi connectivity index (χ1v) is 8.28. The molecule has 0 aliphatic rings. The minimum Gasteiger partial charge on any atom is -0.324 e. The number of carbonyl (C=O) groups is 1. The monoisotopic (exact) mass is 366 g/mol. The fourth-order valence-electron chi connectivity index (χ4n) is 1.83. The van der Waals surface area contributed by atoms with Gasteiger partial charge >= 0.3 is 0 Å². The van der Waals surface area contributed by atoms with Crippen LogP contribution in [0.4, 0.5) is 5.69 Å². The molecule has 118 valence electrons. The van der Waals surface area contributed by atoms with Crippen LogP contribution in [0.3, 0.4) is 0 Å². The Morgan fingerprint density at radius 2 is 2.09 bits per heavy atom. The highest BCUT2D eigenvalue weighted by atomic mass is 35.5. The second kappa shape index (κ2) is 7.64. The van der Waals surface area contributed by atoms with Crippen LogP contribution in [-0.4, -0.2) is 21.6 Å². The Balaban J connectivity index is 2.08. The predicted octanol–water partition coefficient (Wildman–Crippen LogP) is 4.00. The van der Waals surface area contributed by atoms with Gasteiger partial charge in [-0.3, -0.25) is 4.79 Å². The largest absolute Gasteiger partial charge is 0.324 e. The average Bonchev–Trinajstić information content (AvgIpc) is 2.49. The van der Waals surface area contributed by atoms with Gasteiger partial charge in [-0.25, -0.2) is 9.97 Å². The van der Waals surface area contributed by atoms with E-state index >= 15 is 0 Å². The molecule has 0 bridgehead atoms. The van der Waals surface area contributed by atoms with Crippen LogP contribution in [0, 0.1) is 25.2 Å². The van der Waals surface area contributed by atoms with E-state index < -0.39 is 0 Å². The summed E-state index contributed by atoms with van der Waals surface area (Å²) in [5.41, 5.74) is 1.43. The van der Waals surface area contributed by atoms with Gasteiger partial charge in [0.1, 0.15) is 22.5 Å². The molecule has 0 saturated carbocycles. The van der Waals surface area contributed by atoms with E-state index in [9.17, 15) is 10.1 Å². The first-order valence-electron chi connectivity index (χ1n) is 6.54. The molecule has 0 radical (unpaired) electrons. The van der Waals surface area contributed by atoms with Crippen LogP contribution in [0.25, 0.3) is 0 Å². The lowest BCUT2D eigenvalue weighted by molar-refractivity contribution is -0.113. The van der Waals surface area contributed by atoms with E-state index in [0.29, 0.717) is 37.8 Å². The van der Waals surface area contributed by atoms with Crippen LogP contribution in [-0.2, 0) is 4.79 Å². The van der Waals surface area contributed by atoms with E-state index in [1.54, 1.807) is 32.0 Å². The minimum absolute atomic E-state index is 0.0907. The molecule has 8 heteroatoms. The minimum atomic E-state index is -0.267. The Morgan fingerprint density at radius 1 is 1.35 bits per heavy atom. The van der Waals surface area contributed by atoms with E-state index in [-0.39, 0.29) is 11.7 Å². The number of nitrogens with zero attached hydrogens (tertiary/aromatic N) is 3. The fraction of sp³-hybridized carbons (Fsp3) is 0.200. The second-order valence-electron chi connectivity index (χ2n) is 4.59. The lowest BCUT2D eigenvalue weighted by Crippen LogP contribution is -2.15. The summed E-state index contributed by atoms with van der Waals surface area (Å²) < 4.78 is 0. The zero-order valence-electron chi connectivity index (χ0n) is 12.4. The maximum Gasteiger partial charge on any atom is 0.234 e. The Labute approximate surface area is 148 Å². The molecule has 1 amide bonds. The summed E-state index contributed by atoms with van der Waals surface area (Å²) in [6, 6.07) is 7.06. The van der Waals surface area contributed by atoms with E-state index in [1.807, 2.05) is 0 Å². The number of hydrogen-bond acceptors (Lipinski definition) is 5. The lowest BCUT2D eigenvalue weighted by atomic mass is 10.3. The van der Waals surface area contributed by atoms with Crippen LogP contribution >= 0.6 is 35.0 Å². The van der Waals surface area contributed by atoms with Crippen molar-refractivity contribution in [1.82, 2.24) is 9.97 Å². The van der Waals surface area contributed by atoms with Gasteiger partial charge in [0.05, 0.1) is 27.2 Å². The number of rotatable bonds is 4. The molecule has 1 N–H and O–H groups in total. The number of anilines is 1. The van der Waals surface area contributed by atoms with Gasteiger partial charge in [0, 0.05) is 0 Å². The predicted molar refractivity (Wildman–Crippen MR) is 92.0 cm³/mol. The Hall–Kier alpha value is -1.81. The van der Waals surface area contributed by atoms with Crippen molar-refractivity contribution >= 4 is 46.6 Å². The van der Waals surface area contributed by atoms with Crippen molar-refractivity contribution in [3.8, 4) is 6.07 Å². The molecular weight excluding hydrogens is 355 g/mol. The van der Waals surface area contributed by atoms with Gasteiger partial charge in [-0.05, 0) is 26.0 Å². The summed E-state index contributed by atoms with van der Waals surface area (Å²) in [5.74, 6) is 0.382. The van der Waals surface area contributed by atoms with Crippen LogP contribution in [0.2, 0.25) is 10.0 Å². The summed E-state index contributed by atoms with van der Waals surface area (Å²) in [6.45, 7) is 3.48. The topological polar surface area (TPSA) is 78.7 Å². The Bertz CT molecular complexity index is 805. The molecule has 0 fully saturated rings. The van der Waals surface area contributed by atoms with Gasteiger partial charge in [0.15, 0.2) is 0 Å². The number of amides is 1. The third-order valence-corrected chi connectivity index (χ3v) is 4.64.